The lowest BCUT2D eigenvalue weighted by molar-refractivity contribution is 0.683. The van der Waals surface area contributed by atoms with E-state index in [9.17, 15) is 0 Å². The van der Waals surface area contributed by atoms with Crippen LogP contribution in [0.4, 0.5) is 5.69 Å². The molecule has 1 nitrogen and oxygen atoms in total. The van der Waals surface area contributed by atoms with E-state index in [2.05, 4.69) is 22.0 Å². The maximum absolute atomic E-state index is 5.80. The Kier molecular flexibility index (Phi) is 2.09. The molecule has 1 aliphatic rings. The summed E-state index contributed by atoms with van der Waals surface area (Å²) in [5.41, 5.74) is 9.57. The second-order valence-electron chi connectivity index (χ2n) is 3.31. The summed E-state index contributed by atoms with van der Waals surface area (Å²) in [5.74, 6) is 0. The fraction of sp³-hybridized carbons (Fsp3) is 0.400. The van der Waals surface area contributed by atoms with E-state index < -0.39 is 0 Å². The van der Waals surface area contributed by atoms with Crippen LogP contribution in [0.25, 0.3) is 0 Å². The average Bonchev–Trinajstić information content (AvgIpc) is 2.12. The average molecular weight is 226 g/mol. The van der Waals surface area contributed by atoms with Crippen molar-refractivity contribution in [1.82, 2.24) is 0 Å². The second-order valence-corrected chi connectivity index (χ2v) is 4.11. The highest BCUT2D eigenvalue weighted by atomic mass is 79.9. The topological polar surface area (TPSA) is 26.0 Å². The molecular weight excluding hydrogens is 214 g/mol. The number of benzene rings is 1. The van der Waals surface area contributed by atoms with Crippen LogP contribution >= 0.6 is 15.9 Å². The summed E-state index contributed by atoms with van der Waals surface area (Å²) >= 11 is 3.54. The minimum absolute atomic E-state index is 0.871. The molecule has 0 bridgehead atoms. The van der Waals surface area contributed by atoms with Gasteiger partial charge in [0.05, 0.1) is 0 Å². The van der Waals surface area contributed by atoms with Crippen molar-refractivity contribution in [3.8, 4) is 0 Å². The van der Waals surface area contributed by atoms with E-state index in [4.69, 9.17) is 5.73 Å². The lowest BCUT2D eigenvalue weighted by Crippen LogP contribution is -2.04. The highest BCUT2D eigenvalue weighted by molar-refractivity contribution is 9.10. The number of fused-ring (bicyclic) bond motifs is 1. The molecule has 0 radical (unpaired) electrons. The van der Waals surface area contributed by atoms with Gasteiger partial charge in [0.1, 0.15) is 0 Å². The molecule has 0 aliphatic heterocycles. The molecule has 64 valence electrons. The molecule has 2 rings (SSSR count). The van der Waals surface area contributed by atoms with E-state index in [0.717, 1.165) is 10.2 Å². The first-order valence-corrected chi connectivity index (χ1v) is 5.14. The number of rotatable bonds is 0. The van der Waals surface area contributed by atoms with Crippen LogP contribution in [0.2, 0.25) is 0 Å². The number of hydrogen-bond acceptors (Lipinski definition) is 1. The molecule has 0 fully saturated rings. The van der Waals surface area contributed by atoms with Gasteiger partial charge in [0.25, 0.3) is 0 Å². The smallest absolute Gasteiger partial charge is 0.0461 e. The van der Waals surface area contributed by atoms with Crippen LogP contribution in [-0.2, 0) is 12.8 Å². The minimum atomic E-state index is 0.871. The maximum Gasteiger partial charge on any atom is 0.0461 e. The molecule has 0 saturated heterocycles. The SMILES string of the molecule is Nc1ccc2c(c1Br)CCCC2. The van der Waals surface area contributed by atoms with Gasteiger partial charge < -0.3 is 5.73 Å². The molecule has 2 heteroatoms. The third-order valence-corrected chi connectivity index (χ3v) is 3.43. The fourth-order valence-electron chi connectivity index (χ4n) is 1.80. The predicted molar refractivity (Wildman–Crippen MR) is 55.2 cm³/mol. The lowest BCUT2D eigenvalue weighted by Gasteiger charge is -2.17. The normalized spacial score (nSPS) is 15.8. The summed E-state index contributed by atoms with van der Waals surface area (Å²) < 4.78 is 1.12. The van der Waals surface area contributed by atoms with E-state index in [1.54, 1.807) is 0 Å². The number of nitrogens with two attached hydrogens (primary N) is 1. The van der Waals surface area contributed by atoms with Gasteiger partial charge in [-0.15, -0.1) is 0 Å². The summed E-state index contributed by atoms with van der Waals surface area (Å²) in [4.78, 5) is 0. The van der Waals surface area contributed by atoms with Crippen molar-refractivity contribution in [2.75, 3.05) is 5.73 Å². The molecule has 0 spiro atoms. The number of hydrogen-bond donors (Lipinski definition) is 1. The van der Waals surface area contributed by atoms with Crippen molar-refractivity contribution in [3.05, 3.63) is 27.7 Å². The van der Waals surface area contributed by atoms with Crippen LogP contribution in [0.1, 0.15) is 24.0 Å². The first-order chi connectivity index (χ1) is 5.79. The number of nitrogen functional groups attached to an aromatic ring is 1. The Morgan fingerprint density at radius 1 is 1.17 bits per heavy atom. The Bertz CT molecular complexity index is 307. The highest BCUT2D eigenvalue weighted by Gasteiger charge is 2.13. The Morgan fingerprint density at radius 2 is 1.92 bits per heavy atom. The minimum Gasteiger partial charge on any atom is -0.398 e. The van der Waals surface area contributed by atoms with Crippen LogP contribution in [-0.4, -0.2) is 0 Å². The van der Waals surface area contributed by atoms with Gasteiger partial charge in [-0.3, -0.25) is 0 Å². The largest absolute Gasteiger partial charge is 0.398 e. The third kappa shape index (κ3) is 1.24. The van der Waals surface area contributed by atoms with Gasteiger partial charge in [-0.2, -0.15) is 0 Å². The molecule has 2 N–H and O–H groups in total. The number of halogens is 1. The Hall–Kier alpha value is -0.500. The molecule has 12 heavy (non-hydrogen) atoms. The molecule has 0 amide bonds. The van der Waals surface area contributed by atoms with Crippen molar-refractivity contribution >= 4 is 21.6 Å². The van der Waals surface area contributed by atoms with Gasteiger partial charge in [-0.05, 0) is 58.8 Å². The van der Waals surface area contributed by atoms with E-state index in [1.807, 2.05) is 6.07 Å². The van der Waals surface area contributed by atoms with Crippen LogP contribution in [0.3, 0.4) is 0 Å². The third-order valence-electron chi connectivity index (χ3n) is 2.49. The molecule has 0 atom stereocenters. The maximum atomic E-state index is 5.80. The zero-order chi connectivity index (χ0) is 8.55. The van der Waals surface area contributed by atoms with Crippen molar-refractivity contribution in [1.29, 1.82) is 0 Å². The van der Waals surface area contributed by atoms with Crippen LogP contribution < -0.4 is 5.73 Å². The monoisotopic (exact) mass is 225 g/mol. The standard InChI is InChI=1S/C10H12BrN/c11-10-8-4-2-1-3-7(8)5-6-9(10)12/h5-6H,1-4,12H2. The van der Waals surface area contributed by atoms with Crippen molar-refractivity contribution < 1.29 is 0 Å². The Morgan fingerprint density at radius 3 is 2.75 bits per heavy atom. The number of aryl methyl sites for hydroxylation is 1. The van der Waals surface area contributed by atoms with Gasteiger partial charge in [0.15, 0.2) is 0 Å². The second kappa shape index (κ2) is 3.09. The summed E-state index contributed by atoms with van der Waals surface area (Å²) in [5, 5.41) is 0. The molecule has 0 saturated carbocycles. The van der Waals surface area contributed by atoms with Gasteiger partial charge >= 0.3 is 0 Å². The van der Waals surface area contributed by atoms with Gasteiger partial charge in [-0.25, -0.2) is 0 Å². The van der Waals surface area contributed by atoms with Crippen LogP contribution in [0.15, 0.2) is 16.6 Å². The van der Waals surface area contributed by atoms with Crippen LogP contribution in [0.5, 0.6) is 0 Å². The molecule has 0 heterocycles. The Labute approximate surface area is 81.1 Å². The molecular formula is C10H12BrN. The summed E-state index contributed by atoms with van der Waals surface area (Å²) in [6, 6.07) is 4.16. The van der Waals surface area contributed by atoms with E-state index >= 15 is 0 Å². The molecule has 1 aromatic rings. The van der Waals surface area contributed by atoms with Crippen molar-refractivity contribution in [2.45, 2.75) is 25.7 Å². The number of anilines is 1. The summed E-state index contributed by atoms with van der Waals surface area (Å²) in [6.07, 6.45) is 5.02. The van der Waals surface area contributed by atoms with E-state index in [0.29, 0.717) is 0 Å². The van der Waals surface area contributed by atoms with E-state index in [1.165, 1.54) is 36.8 Å². The zero-order valence-electron chi connectivity index (χ0n) is 6.94. The fourth-order valence-corrected chi connectivity index (χ4v) is 2.39. The zero-order valence-corrected chi connectivity index (χ0v) is 8.52. The Balaban J connectivity index is 2.54. The van der Waals surface area contributed by atoms with E-state index in [-0.39, 0.29) is 0 Å². The molecule has 0 aromatic heterocycles. The van der Waals surface area contributed by atoms with Crippen molar-refractivity contribution in [2.24, 2.45) is 0 Å². The molecule has 0 unspecified atom stereocenters. The molecule has 1 aliphatic carbocycles. The molecule has 1 aromatic carbocycles. The van der Waals surface area contributed by atoms with Gasteiger partial charge in [-0.1, -0.05) is 6.07 Å². The first-order valence-electron chi connectivity index (χ1n) is 4.35. The quantitative estimate of drug-likeness (QED) is 0.676. The predicted octanol–water partition coefficient (Wildman–Crippen LogP) is 2.91. The van der Waals surface area contributed by atoms with Gasteiger partial charge in [0, 0.05) is 10.2 Å². The lowest BCUT2D eigenvalue weighted by atomic mass is 9.91. The first kappa shape index (κ1) is 8.11. The highest BCUT2D eigenvalue weighted by Crippen LogP contribution is 2.32. The van der Waals surface area contributed by atoms with Gasteiger partial charge in [0.2, 0.25) is 0 Å². The summed E-state index contributed by atoms with van der Waals surface area (Å²) in [7, 11) is 0. The summed E-state index contributed by atoms with van der Waals surface area (Å²) in [6.45, 7) is 0. The van der Waals surface area contributed by atoms with Crippen LogP contribution in [0, 0.1) is 0 Å². The van der Waals surface area contributed by atoms with Crippen molar-refractivity contribution in [3.63, 3.8) is 0 Å².